The van der Waals surface area contributed by atoms with Gasteiger partial charge in [-0.25, -0.2) is 0 Å². The summed E-state index contributed by atoms with van der Waals surface area (Å²) >= 11 is 0. The smallest absolute Gasteiger partial charge is 0.225 e. The molecule has 2 N–H and O–H groups in total. The van der Waals surface area contributed by atoms with Crippen molar-refractivity contribution in [3.05, 3.63) is 35.4 Å². The molecular formula is C16H22N2O2. The third-order valence-corrected chi connectivity index (χ3v) is 4.51. The number of ether oxygens (including phenoxy) is 1. The van der Waals surface area contributed by atoms with Gasteiger partial charge in [0.05, 0.1) is 12.5 Å². The molecule has 2 aliphatic heterocycles. The van der Waals surface area contributed by atoms with E-state index in [2.05, 4.69) is 10.6 Å². The molecule has 3 rings (SSSR count). The fraction of sp³-hybridized carbons (Fsp3) is 0.562. The molecule has 108 valence electrons. The first kappa shape index (κ1) is 13.6. The monoisotopic (exact) mass is 274 g/mol. The van der Waals surface area contributed by atoms with Gasteiger partial charge in [0.15, 0.2) is 0 Å². The average Bonchev–Trinajstić information content (AvgIpc) is 3.09. The summed E-state index contributed by atoms with van der Waals surface area (Å²) in [5.41, 5.74) is 2.28. The maximum atomic E-state index is 12.3. The highest BCUT2D eigenvalue weighted by Crippen LogP contribution is 2.33. The standard InChI is InChI=1S/C16H22N2O2/c1-20-10-12-5-3-2-4-11(12)9-17-16(19)14-8-13-6-7-15(14)18-13/h2-5,13-15,18H,6-10H2,1H3,(H,17,19). The summed E-state index contributed by atoms with van der Waals surface area (Å²) in [7, 11) is 1.69. The van der Waals surface area contributed by atoms with Gasteiger partial charge in [0.1, 0.15) is 0 Å². The fourth-order valence-corrected chi connectivity index (χ4v) is 3.45. The van der Waals surface area contributed by atoms with E-state index in [1.807, 2.05) is 24.3 Å². The molecule has 2 saturated heterocycles. The molecule has 2 aliphatic rings. The summed E-state index contributed by atoms with van der Waals surface area (Å²) < 4.78 is 5.19. The highest BCUT2D eigenvalue weighted by atomic mass is 16.5. The lowest BCUT2D eigenvalue weighted by Crippen LogP contribution is -2.37. The number of benzene rings is 1. The third kappa shape index (κ3) is 2.72. The van der Waals surface area contributed by atoms with E-state index in [4.69, 9.17) is 4.74 Å². The Hall–Kier alpha value is -1.39. The van der Waals surface area contributed by atoms with Crippen molar-refractivity contribution in [2.75, 3.05) is 7.11 Å². The molecule has 2 bridgehead atoms. The summed E-state index contributed by atoms with van der Waals surface area (Å²) in [5, 5.41) is 6.60. The van der Waals surface area contributed by atoms with Crippen LogP contribution in [0.5, 0.6) is 0 Å². The number of methoxy groups -OCH3 is 1. The van der Waals surface area contributed by atoms with Gasteiger partial charge in [0, 0.05) is 25.7 Å². The van der Waals surface area contributed by atoms with Crippen molar-refractivity contribution in [3.63, 3.8) is 0 Å². The second-order valence-corrected chi connectivity index (χ2v) is 5.81. The van der Waals surface area contributed by atoms with E-state index in [9.17, 15) is 4.79 Å². The number of rotatable bonds is 5. The van der Waals surface area contributed by atoms with Crippen LogP contribution in [0, 0.1) is 5.92 Å². The second kappa shape index (κ2) is 5.94. The predicted molar refractivity (Wildman–Crippen MR) is 77.1 cm³/mol. The molecule has 1 aromatic rings. The topological polar surface area (TPSA) is 50.4 Å². The van der Waals surface area contributed by atoms with E-state index in [0.717, 1.165) is 24.0 Å². The van der Waals surface area contributed by atoms with Gasteiger partial charge in [-0.1, -0.05) is 24.3 Å². The summed E-state index contributed by atoms with van der Waals surface area (Å²) in [6, 6.07) is 9.06. The van der Waals surface area contributed by atoms with Crippen molar-refractivity contribution in [3.8, 4) is 0 Å². The van der Waals surface area contributed by atoms with Crippen molar-refractivity contribution in [1.29, 1.82) is 0 Å². The van der Waals surface area contributed by atoms with Crippen molar-refractivity contribution in [2.24, 2.45) is 5.92 Å². The van der Waals surface area contributed by atoms with Gasteiger partial charge in [0.25, 0.3) is 0 Å². The van der Waals surface area contributed by atoms with Crippen molar-refractivity contribution in [1.82, 2.24) is 10.6 Å². The van der Waals surface area contributed by atoms with E-state index in [0.29, 0.717) is 25.2 Å². The summed E-state index contributed by atoms with van der Waals surface area (Å²) in [4.78, 5) is 12.3. The maximum Gasteiger partial charge on any atom is 0.225 e. The highest BCUT2D eigenvalue weighted by Gasteiger charge is 2.42. The van der Waals surface area contributed by atoms with Crippen LogP contribution in [0.4, 0.5) is 0 Å². The molecule has 0 aromatic heterocycles. The quantitative estimate of drug-likeness (QED) is 0.857. The van der Waals surface area contributed by atoms with Crippen LogP contribution in [0.15, 0.2) is 24.3 Å². The molecule has 0 saturated carbocycles. The molecule has 0 spiro atoms. The Balaban J connectivity index is 1.58. The van der Waals surface area contributed by atoms with Gasteiger partial charge in [-0.2, -0.15) is 0 Å². The highest BCUT2D eigenvalue weighted by molar-refractivity contribution is 5.80. The van der Waals surface area contributed by atoms with E-state index >= 15 is 0 Å². The van der Waals surface area contributed by atoms with Gasteiger partial charge in [-0.3, -0.25) is 4.79 Å². The van der Waals surface area contributed by atoms with Crippen LogP contribution in [0.25, 0.3) is 0 Å². The normalized spacial score (nSPS) is 27.8. The van der Waals surface area contributed by atoms with Crippen LogP contribution in [-0.2, 0) is 22.7 Å². The lowest BCUT2D eigenvalue weighted by molar-refractivity contribution is -0.125. The predicted octanol–water partition coefficient (Wildman–Crippen LogP) is 1.59. The Kier molecular flexibility index (Phi) is 4.03. The molecule has 20 heavy (non-hydrogen) atoms. The van der Waals surface area contributed by atoms with E-state index in [1.165, 1.54) is 6.42 Å². The molecular weight excluding hydrogens is 252 g/mol. The van der Waals surface area contributed by atoms with Gasteiger partial charge in [-0.05, 0) is 30.4 Å². The number of hydrogen-bond acceptors (Lipinski definition) is 3. The number of carbonyl (C=O) groups excluding carboxylic acids is 1. The minimum atomic E-state index is 0.156. The zero-order valence-corrected chi connectivity index (χ0v) is 11.9. The van der Waals surface area contributed by atoms with Crippen molar-refractivity contribution in [2.45, 2.75) is 44.5 Å². The Labute approximate surface area is 119 Å². The van der Waals surface area contributed by atoms with Crippen LogP contribution in [-0.4, -0.2) is 25.1 Å². The van der Waals surface area contributed by atoms with Crippen LogP contribution >= 0.6 is 0 Å². The van der Waals surface area contributed by atoms with Gasteiger partial charge >= 0.3 is 0 Å². The molecule has 3 atom stereocenters. The summed E-state index contributed by atoms with van der Waals surface area (Å²) in [6.45, 7) is 1.17. The first-order valence-electron chi connectivity index (χ1n) is 7.37. The molecule has 1 amide bonds. The SMILES string of the molecule is COCc1ccccc1CNC(=O)C1CC2CCC1N2. The first-order valence-corrected chi connectivity index (χ1v) is 7.37. The van der Waals surface area contributed by atoms with Crippen LogP contribution in [0.3, 0.4) is 0 Å². The average molecular weight is 274 g/mol. The number of amides is 1. The molecule has 1 aromatic carbocycles. The number of fused-ring (bicyclic) bond motifs is 2. The van der Waals surface area contributed by atoms with Crippen molar-refractivity contribution >= 4 is 5.91 Å². The maximum absolute atomic E-state index is 12.3. The Morgan fingerprint density at radius 1 is 1.35 bits per heavy atom. The Morgan fingerprint density at radius 2 is 2.15 bits per heavy atom. The van der Waals surface area contributed by atoms with Gasteiger partial charge < -0.3 is 15.4 Å². The molecule has 2 heterocycles. The number of hydrogen-bond donors (Lipinski definition) is 2. The number of nitrogens with one attached hydrogen (secondary N) is 2. The van der Waals surface area contributed by atoms with E-state index in [1.54, 1.807) is 7.11 Å². The van der Waals surface area contributed by atoms with Crippen LogP contribution < -0.4 is 10.6 Å². The molecule has 2 fully saturated rings. The second-order valence-electron chi connectivity index (χ2n) is 5.81. The Morgan fingerprint density at radius 3 is 2.80 bits per heavy atom. The lowest BCUT2D eigenvalue weighted by atomic mass is 9.88. The van der Waals surface area contributed by atoms with E-state index < -0.39 is 0 Å². The molecule has 0 aliphatic carbocycles. The van der Waals surface area contributed by atoms with Gasteiger partial charge in [-0.15, -0.1) is 0 Å². The molecule has 3 unspecified atom stereocenters. The Bertz CT molecular complexity index is 489. The molecule has 4 nitrogen and oxygen atoms in total. The minimum Gasteiger partial charge on any atom is -0.380 e. The summed E-state index contributed by atoms with van der Waals surface area (Å²) in [6.07, 6.45) is 3.37. The lowest BCUT2D eigenvalue weighted by Gasteiger charge is -2.19. The van der Waals surface area contributed by atoms with Crippen molar-refractivity contribution < 1.29 is 9.53 Å². The molecule has 0 radical (unpaired) electrons. The van der Waals surface area contributed by atoms with E-state index in [-0.39, 0.29) is 11.8 Å². The third-order valence-electron chi connectivity index (χ3n) is 4.51. The zero-order chi connectivity index (χ0) is 13.9. The zero-order valence-electron chi connectivity index (χ0n) is 11.9. The molecule has 4 heteroatoms. The van der Waals surface area contributed by atoms with Crippen LogP contribution in [0.2, 0.25) is 0 Å². The van der Waals surface area contributed by atoms with Gasteiger partial charge in [0.2, 0.25) is 5.91 Å². The fourth-order valence-electron chi connectivity index (χ4n) is 3.45. The van der Waals surface area contributed by atoms with Crippen LogP contribution in [0.1, 0.15) is 30.4 Å². The summed E-state index contributed by atoms with van der Waals surface area (Å²) in [5.74, 6) is 0.347. The largest absolute Gasteiger partial charge is 0.380 e. The minimum absolute atomic E-state index is 0.156. The number of carbonyl (C=O) groups is 1. The first-order chi connectivity index (χ1) is 9.78.